The van der Waals surface area contributed by atoms with Gasteiger partial charge in [-0.15, -0.1) is 0 Å². The van der Waals surface area contributed by atoms with Gasteiger partial charge in [0.2, 0.25) is 11.8 Å². The highest BCUT2D eigenvalue weighted by Crippen LogP contribution is 2.04. The second kappa shape index (κ2) is 25.7. The minimum absolute atomic E-state index is 0.235. The van der Waals surface area contributed by atoms with Crippen LogP contribution >= 0.6 is 0 Å². The third-order valence-corrected chi connectivity index (χ3v) is 3.63. The highest BCUT2D eigenvalue weighted by Gasteiger charge is 2.32. The van der Waals surface area contributed by atoms with E-state index in [9.17, 15) is 39.6 Å². The van der Waals surface area contributed by atoms with E-state index in [0.29, 0.717) is 0 Å². The smallest absolute Gasteiger partial charge is 0.394 e. The van der Waals surface area contributed by atoms with Gasteiger partial charge in [-0.1, -0.05) is 0 Å². The molecule has 8 atom stereocenters. The molecule has 0 fully saturated rings. The molecule has 0 aliphatic carbocycles. The van der Waals surface area contributed by atoms with E-state index in [2.05, 4.69) is 10.6 Å². The van der Waals surface area contributed by atoms with E-state index in [4.69, 9.17) is 73.0 Å². The van der Waals surface area contributed by atoms with Crippen molar-refractivity contribution in [3.05, 3.63) is 0 Å². The van der Waals surface area contributed by atoms with Gasteiger partial charge in [-0.2, -0.15) is 25.3 Å². The first-order chi connectivity index (χ1) is 19.9. The van der Waals surface area contributed by atoms with Crippen LogP contribution in [0.5, 0.6) is 0 Å². The van der Waals surface area contributed by atoms with Crippen molar-refractivity contribution in [3.63, 3.8) is 0 Å². The minimum Gasteiger partial charge on any atom is -0.394 e. The predicted octanol–water partition coefficient (Wildman–Crippen LogP) is -8.43. The largest absolute Gasteiger partial charge is 0.394 e. The van der Waals surface area contributed by atoms with Gasteiger partial charge < -0.3 is 61.1 Å². The summed E-state index contributed by atoms with van der Waals surface area (Å²) in [5, 5.41) is 76.3. The Morgan fingerprint density at radius 2 is 0.711 bits per heavy atom. The lowest BCUT2D eigenvalue weighted by molar-refractivity contribution is -0.129. The van der Waals surface area contributed by atoms with E-state index in [-0.39, 0.29) is 12.6 Å². The normalized spacial score (nSPS) is 16.4. The summed E-state index contributed by atoms with van der Waals surface area (Å²) in [4.78, 5) is 42.1. The molecule has 0 unspecified atom stereocenters. The van der Waals surface area contributed by atoms with Crippen LogP contribution in [-0.2, 0) is 50.4 Å². The molecule has 0 heterocycles. The van der Waals surface area contributed by atoms with Gasteiger partial charge in [-0.25, -0.2) is 0 Å². The van der Waals surface area contributed by atoms with Gasteiger partial charge in [0.05, 0.1) is 13.2 Å². The van der Waals surface area contributed by atoms with Crippen molar-refractivity contribution >= 4 is 55.6 Å². The number of carbonyl (C=O) groups is 4. The van der Waals surface area contributed by atoms with Crippen molar-refractivity contribution in [3.8, 4) is 0 Å². The number of rotatable bonds is 12. The zero-order valence-electron chi connectivity index (χ0n) is 22.8. The van der Waals surface area contributed by atoms with Crippen molar-refractivity contribution in [1.29, 1.82) is 0 Å². The summed E-state index contributed by atoms with van der Waals surface area (Å²) < 4.78 is 94.8. The van der Waals surface area contributed by atoms with E-state index in [0.717, 1.165) is 13.8 Å². The van der Waals surface area contributed by atoms with Gasteiger partial charge in [0.15, 0.2) is 0 Å². The lowest BCUT2D eigenvalue weighted by Crippen LogP contribution is -2.53. The van der Waals surface area contributed by atoms with Crippen molar-refractivity contribution < 1.29 is 113 Å². The topological polar surface area (TPSA) is 478 Å². The first-order valence-electron chi connectivity index (χ1n) is 10.7. The van der Waals surface area contributed by atoms with Crippen molar-refractivity contribution in [1.82, 2.24) is 10.6 Å². The molecule has 0 saturated heterocycles. The number of amides is 2. The van der Waals surface area contributed by atoms with Crippen LogP contribution in [0.15, 0.2) is 0 Å². The zero-order valence-corrected chi connectivity index (χ0v) is 25.2. The van der Waals surface area contributed by atoms with Gasteiger partial charge in [0.25, 0.3) is 0 Å². The Morgan fingerprint density at radius 1 is 0.533 bits per heavy atom. The van der Waals surface area contributed by atoms with E-state index in [1.807, 2.05) is 0 Å². The summed E-state index contributed by atoms with van der Waals surface area (Å²) >= 11 is 0. The van der Waals surface area contributed by atoms with Crippen LogP contribution in [0.1, 0.15) is 13.8 Å². The molecule has 0 spiro atoms. The van der Waals surface area contributed by atoms with Gasteiger partial charge in [-0.3, -0.25) is 36.9 Å². The molecule has 16 N–H and O–H groups in total. The highest BCUT2D eigenvalue weighted by atomic mass is 32.3. The fraction of sp³-hybridized carbons (Fsp3) is 0.750. The summed E-state index contributed by atoms with van der Waals surface area (Å²) in [6.45, 7) is 0.754. The first kappa shape index (κ1) is 52.1. The zero-order chi connectivity index (χ0) is 37.5. The standard InChI is InChI=1S/2C8H15NO6.3H2O4S/c2*1-4(12)9-5(2-10)7(14)8(15)6(13)3-11;3*1-5(2,3)4/h2*2,5-8,11,13-15H,3H2,1H3,(H,9,12);3*(H2,1,2,3,4)/t2*5-,6+,7+,8-;;;/m00.../s1. The lowest BCUT2D eigenvalue weighted by Gasteiger charge is -2.25. The van der Waals surface area contributed by atoms with Crippen molar-refractivity contribution in [2.75, 3.05) is 13.2 Å². The van der Waals surface area contributed by atoms with Crippen LogP contribution in [0, 0.1) is 0 Å². The fourth-order valence-corrected chi connectivity index (χ4v) is 1.97. The average Bonchev–Trinajstić information content (AvgIpc) is 2.84. The maximum atomic E-state index is 10.6. The molecule has 45 heavy (non-hydrogen) atoms. The van der Waals surface area contributed by atoms with Crippen LogP contribution in [0.4, 0.5) is 0 Å². The molecule has 29 heteroatoms. The van der Waals surface area contributed by atoms with Crippen LogP contribution in [0.2, 0.25) is 0 Å². The third kappa shape index (κ3) is 46.1. The Morgan fingerprint density at radius 3 is 0.822 bits per heavy atom. The number of aliphatic hydroxyl groups excluding tert-OH is 8. The average molecular weight is 737 g/mol. The molecule has 0 aromatic rings. The first-order valence-corrected chi connectivity index (χ1v) is 14.9. The Balaban J connectivity index is -0.000000164. The fourth-order valence-electron chi connectivity index (χ4n) is 1.97. The number of aldehydes is 2. The van der Waals surface area contributed by atoms with E-state index in [1.165, 1.54) is 0 Å². The third-order valence-electron chi connectivity index (χ3n) is 3.63. The summed E-state index contributed by atoms with van der Waals surface area (Å²) in [5.74, 6) is -1.12. The predicted molar refractivity (Wildman–Crippen MR) is 140 cm³/mol. The van der Waals surface area contributed by atoms with E-state index >= 15 is 0 Å². The second-order valence-corrected chi connectivity index (χ2v) is 10.2. The summed E-state index contributed by atoms with van der Waals surface area (Å²) in [5.41, 5.74) is 0. The van der Waals surface area contributed by atoms with Gasteiger partial charge in [0, 0.05) is 13.8 Å². The molecule has 0 aliphatic heterocycles. The number of hydrogen-bond acceptors (Lipinski definition) is 18. The number of aliphatic hydroxyl groups is 8. The molecule has 26 nitrogen and oxygen atoms in total. The summed E-state index contributed by atoms with van der Waals surface area (Å²) in [7, 11) is -14.0. The lowest BCUT2D eigenvalue weighted by atomic mass is 10.0. The van der Waals surface area contributed by atoms with Crippen LogP contribution in [-0.4, -0.2) is 180 Å². The molecule has 0 aromatic carbocycles. The quantitative estimate of drug-likeness (QED) is 0.0653. The molecule has 0 aliphatic rings. The molecule has 0 aromatic heterocycles. The molecular formula is C16H36N2O24S3. The molecule has 0 bridgehead atoms. The van der Waals surface area contributed by atoms with Gasteiger partial charge >= 0.3 is 31.2 Å². The van der Waals surface area contributed by atoms with Crippen molar-refractivity contribution in [2.45, 2.75) is 62.6 Å². The molecule has 0 saturated carbocycles. The maximum Gasteiger partial charge on any atom is 0.394 e. The van der Waals surface area contributed by atoms with E-state index in [1.54, 1.807) is 0 Å². The number of carbonyl (C=O) groups excluding carboxylic acids is 4. The van der Waals surface area contributed by atoms with Crippen molar-refractivity contribution in [2.24, 2.45) is 0 Å². The maximum absolute atomic E-state index is 10.6. The Labute approximate surface area is 254 Å². The Kier molecular flexibility index (Phi) is 29.8. The van der Waals surface area contributed by atoms with Gasteiger partial charge in [0.1, 0.15) is 61.3 Å². The molecule has 272 valence electrons. The molecule has 0 radical (unpaired) electrons. The van der Waals surface area contributed by atoms with Crippen LogP contribution < -0.4 is 10.6 Å². The Bertz CT molecular complexity index is 1020. The van der Waals surface area contributed by atoms with Crippen LogP contribution in [0.25, 0.3) is 0 Å². The monoisotopic (exact) mass is 736 g/mol. The highest BCUT2D eigenvalue weighted by molar-refractivity contribution is 7.80. The second-order valence-electron chi connectivity index (χ2n) is 7.53. The summed E-state index contributed by atoms with van der Waals surface area (Å²) in [6.07, 6.45) is -9.44. The van der Waals surface area contributed by atoms with E-state index < -0.39 is 105 Å². The van der Waals surface area contributed by atoms with Gasteiger partial charge in [-0.05, 0) is 0 Å². The molecule has 0 rings (SSSR count). The SMILES string of the molecule is CC(=O)N[C@@H](C=O)[C@@H](O)[C@@H](O)[C@H](O)CO.CC(=O)N[C@@H](C=O)[C@@H](O)[C@@H](O)[C@H](O)CO.O=S(=O)(O)O.O=S(=O)(O)O.O=S(=O)(O)O. The number of hydrogen-bond donors (Lipinski definition) is 16. The molecule has 2 amide bonds. The Hall–Kier alpha value is -2.43. The number of nitrogens with one attached hydrogen (secondary N) is 2. The molecular weight excluding hydrogens is 700 g/mol. The minimum atomic E-state index is -4.67. The summed E-state index contributed by atoms with van der Waals surface area (Å²) in [6, 6.07) is -2.64. The van der Waals surface area contributed by atoms with Crippen LogP contribution in [0.3, 0.4) is 0 Å².